The highest BCUT2D eigenvalue weighted by Crippen LogP contribution is 2.06. The van der Waals surface area contributed by atoms with Crippen molar-refractivity contribution in [2.24, 2.45) is 0 Å². The highest BCUT2D eigenvalue weighted by Gasteiger charge is 2.05. The van der Waals surface area contributed by atoms with Gasteiger partial charge in [-0.25, -0.2) is 0 Å². The zero-order chi connectivity index (χ0) is 12.0. The second kappa shape index (κ2) is 6.59. The van der Waals surface area contributed by atoms with Crippen molar-refractivity contribution >= 4 is 18.5 Å². The van der Waals surface area contributed by atoms with Gasteiger partial charge in [-0.1, -0.05) is 31.2 Å². The molecule has 0 bridgehead atoms. The molecule has 1 aromatic rings. The van der Waals surface area contributed by atoms with Gasteiger partial charge in [-0.2, -0.15) is 12.6 Å². The number of aryl methyl sites for hydroxylation is 1. The Morgan fingerprint density at radius 2 is 1.81 bits per heavy atom. The van der Waals surface area contributed by atoms with Crippen LogP contribution in [0.2, 0.25) is 0 Å². The predicted octanol–water partition coefficient (Wildman–Crippen LogP) is 2.18. The fraction of sp³-hybridized carbons (Fsp3) is 0.462. The van der Waals surface area contributed by atoms with Crippen LogP contribution in [0.5, 0.6) is 0 Å². The zero-order valence-electron chi connectivity index (χ0n) is 9.94. The van der Waals surface area contributed by atoms with E-state index in [0.717, 1.165) is 19.4 Å². The van der Waals surface area contributed by atoms with Gasteiger partial charge in [-0.3, -0.25) is 4.79 Å². The van der Waals surface area contributed by atoms with Crippen LogP contribution in [0.25, 0.3) is 0 Å². The highest BCUT2D eigenvalue weighted by atomic mass is 32.1. The molecule has 0 N–H and O–H groups in total. The Morgan fingerprint density at radius 1 is 1.25 bits per heavy atom. The van der Waals surface area contributed by atoms with Crippen LogP contribution < -0.4 is 0 Å². The van der Waals surface area contributed by atoms with E-state index in [0.29, 0.717) is 0 Å². The second-order valence-electron chi connectivity index (χ2n) is 3.89. The smallest absolute Gasteiger partial charge is 0.232 e. The summed E-state index contributed by atoms with van der Waals surface area (Å²) in [7, 11) is 1.82. The number of hydrogen-bond donors (Lipinski definition) is 1. The molecule has 3 heteroatoms. The summed E-state index contributed by atoms with van der Waals surface area (Å²) in [5, 5.41) is 0. The standard InChI is InChI=1S/C13H19NOS/c1-3-11-4-6-12(7-5-11)8-9-14(2)13(15)10-16/h4-7,16H,3,8-10H2,1-2H3. The molecule has 0 fully saturated rings. The average molecular weight is 237 g/mol. The molecule has 1 rings (SSSR count). The molecule has 0 unspecified atom stereocenters. The largest absolute Gasteiger partial charge is 0.345 e. The maximum Gasteiger partial charge on any atom is 0.232 e. The van der Waals surface area contributed by atoms with Gasteiger partial charge in [0.05, 0.1) is 5.75 Å². The van der Waals surface area contributed by atoms with E-state index in [9.17, 15) is 4.79 Å². The molecular weight excluding hydrogens is 218 g/mol. The van der Waals surface area contributed by atoms with E-state index >= 15 is 0 Å². The minimum atomic E-state index is 0.0773. The third-order valence-corrected chi connectivity index (χ3v) is 3.00. The van der Waals surface area contributed by atoms with Gasteiger partial charge in [0.15, 0.2) is 0 Å². The van der Waals surface area contributed by atoms with E-state index in [1.165, 1.54) is 11.1 Å². The molecule has 0 aliphatic rings. The van der Waals surface area contributed by atoms with Crippen LogP contribution in [-0.2, 0) is 17.6 Å². The van der Waals surface area contributed by atoms with Gasteiger partial charge < -0.3 is 4.90 Å². The molecule has 0 aliphatic heterocycles. The summed E-state index contributed by atoms with van der Waals surface area (Å²) in [6, 6.07) is 8.57. The normalized spacial score (nSPS) is 10.2. The Morgan fingerprint density at radius 3 is 2.31 bits per heavy atom. The maximum atomic E-state index is 11.3. The van der Waals surface area contributed by atoms with Gasteiger partial charge >= 0.3 is 0 Å². The summed E-state index contributed by atoms with van der Waals surface area (Å²) in [6.07, 6.45) is 1.97. The fourth-order valence-electron chi connectivity index (χ4n) is 1.48. The topological polar surface area (TPSA) is 20.3 Å². The molecule has 0 saturated heterocycles. The molecule has 0 saturated carbocycles. The van der Waals surface area contributed by atoms with Crippen LogP contribution >= 0.6 is 12.6 Å². The van der Waals surface area contributed by atoms with Crippen LogP contribution in [0.4, 0.5) is 0 Å². The molecule has 0 atom stereocenters. The number of carbonyl (C=O) groups is 1. The molecule has 2 nitrogen and oxygen atoms in total. The second-order valence-corrected chi connectivity index (χ2v) is 4.21. The summed E-state index contributed by atoms with van der Waals surface area (Å²) in [5.74, 6) is 0.360. The first-order valence-electron chi connectivity index (χ1n) is 5.60. The van der Waals surface area contributed by atoms with Gasteiger partial charge in [0, 0.05) is 13.6 Å². The zero-order valence-corrected chi connectivity index (χ0v) is 10.8. The Bertz CT molecular complexity index is 334. The van der Waals surface area contributed by atoms with E-state index in [-0.39, 0.29) is 11.7 Å². The number of rotatable bonds is 5. The lowest BCUT2D eigenvalue weighted by molar-refractivity contribution is -0.127. The predicted molar refractivity (Wildman–Crippen MR) is 71.0 cm³/mol. The quantitative estimate of drug-likeness (QED) is 0.778. The highest BCUT2D eigenvalue weighted by molar-refractivity contribution is 7.81. The van der Waals surface area contributed by atoms with Crippen molar-refractivity contribution in [3.63, 3.8) is 0 Å². The third-order valence-electron chi connectivity index (χ3n) is 2.73. The Labute approximate surface area is 103 Å². The van der Waals surface area contributed by atoms with E-state index in [1.807, 2.05) is 7.05 Å². The third kappa shape index (κ3) is 3.89. The van der Waals surface area contributed by atoms with Gasteiger partial charge in [0.25, 0.3) is 0 Å². The van der Waals surface area contributed by atoms with Gasteiger partial charge in [-0.15, -0.1) is 0 Å². The molecule has 0 aliphatic carbocycles. The minimum Gasteiger partial charge on any atom is -0.345 e. The van der Waals surface area contributed by atoms with Gasteiger partial charge in [0.2, 0.25) is 5.91 Å². The monoisotopic (exact) mass is 237 g/mol. The first-order chi connectivity index (χ1) is 7.67. The molecule has 16 heavy (non-hydrogen) atoms. The molecule has 0 heterocycles. The molecule has 1 amide bonds. The first-order valence-corrected chi connectivity index (χ1v) is 6.23. The number of nitrogens with zero attached hydrogens (tertiary/aromatic N) is 1. The lowest BCUT2D eigenvalue weighted by Crippen LogP contribution is -2.29. The number of amides is 1. The number of likely N-dealkylation sites (N-methyl/N-ethyl adjacent to an activating group) is 1. The SMILES string of the molecule is CCc1ccc(CCN(C)C(=O)CS)cc1. The molecule has 0 radical (unpaired) electrons. The van der Waals surface area contributed by atoms with Gasteiger partial charge in [-0.05, 0) is 24.0 Å². The maximum absolute atomic E-state index is 11.3. The molecule has 1 aromatic carbocycles. The van der Waals surface area contributed by atoms with Crippen molar-refractivity contribution in [3.8, 4) is 0 Å². The number of hydrogen-bond acceptors (Lipinski definition) is 2. The molecule has 0 aromatic heterocycles. The Hall–Kier alpha value is -0.960. The first kappa shape index (κ1) is 13.1. The van der Waals surface area contributed by atoms with Crippen LogP contribution in [-0.4, -0.2) is 30.2 Å². The summed E-state index contributed by atoms with van der Waals surface area (Å²) in [6.45, 7) is 2.90. The molecular formula is C13H19NOS. The summed E-state index contributed by atoms with van der Waals surface area (Å²) < 4.78 is 0. The number of carbonyl (C=O) groups excluding carboxylic acids is 1. The Kier molecular flexibility index (Phi) is 5.39. The lowest BCUT2D eigenvalue weighted by Gasteiger charge is -2.15. The van der Waals surface area contributed by atoms with Crippen LogP contribution in [0.3, 0.4) is 0 Å². The molecule has 88 valence electrons. The van der Waals surface area contributed by atoms with Crippen molar-refractivity contribution in [3.05, 3.63) is 35.4 Å². The van der Waals surface area contributed by atoms with Gasteiger partial charge in [0.1, 0.15) is 0 Å². The Balaban J connectivity index is 2.45. The molecule has 0 spiro atoms. The van der Waals surface area contributed by atoms with E-state index in [1.54, 1.807) is 4.90 Å². The van der Waals surface area contributed by atoms with Crippen LogP contribution in [0.15, 0.2) is 24.3 Å². The van der Waals surface area contributed by atoms with E-state index in [2.05, 4.69) is 43.8 Å². The van der Waals surface area contributed by atoms with Crippen molar-refractivity contribution in [2.45, 2.75) is 19.8 Å². The number of thiol groups is 1. The van der Waals surface area contributed by atoms with Crippen molar-refractivity contribution in [1.29, 1.82) is 0 Å². The van der Waals surface area contributed by atoms with E-state index < -0.39 is 0 Å². The van der Waals surface area contributed by atoms with E-state index in [4.69, 9.17) is 0 Å². The lowest BCUT2D eigenvalue weighted by atomic mass is 10.1. The van der Waals surface area contributed by atoms with Crippen molar-refractivity contribution < 1.29 is 4.79 Å². The minimum absolute atomic E-state index is 0.0773. The van der Waals surface area contributed by atoms with Crippen molar-refractivity contribution in [1.82, 2.24) is 4.90 Å². The summed E-state index contributed by atoms with van der Waals surface area (Å²) in [5.41, 5.74) is 2.62. The van der Waals surface area contributed by atoms with Crippen LogP contribution in [0.1, 0.15) is 18.1 Å². The summed E-state index contributed by atoms with van der Waals surface area (Å²) in [4.78, 5) is 13.0. The number of benzene rings is 1. The summed E-state index contributed by atoms with van der Waals surface area (Å²) >= 11 is 3.97. The average Bonchev–Trinajstić information content (AvgIpc) is 2.35. The van der Waals surface area contributed by atoms with Crippen molar-refractivity contribution in [2.75, 3.05) is 19.3 Å². The van der Waals surface area contributed by atoms with Crippen LogP contribution in [0, 0.1) is 0 Å². The fourth-order valence-corrected chi connectivity index (χ4v) is 1.73.